The molecular weight excluding hydrogens is 188 g/mol. The third-order valence-corrected chi connectivity index (χ3v) is 1.67. The zero-order valence-corrected chi connectivity index (χ0v) is 7.79. The minimum atomic E-state index is -2.16. The molecule has 8 N–H and O–H groups in total. The van der Waals surface area contributed by atoms with E-state index in [1.807, 2.05) is 0 Å². The van der Waals surface area contributed by atoms with Crippen LogP contribution in [0.2, 0.25) is 0 Å². The highest BCUT2D eigenvalue weighted by atomic mass is 16.4. The summed E-state index contributed by atoms with van der Waals surface area (Å²) in [6.45, 7) is 0.463. The first-order chi connectivity index (χ1) is 6.36. The van der Waals surface area contributed by atoms with Crippen LogP contribution < -0.4 is 16.8 Å². The lowest BCUT2D eigenvalue weighted by Gasteiger charge is -2.17. The van der Waals surface area contributed by atoms with Crippen molar-refractivity contribution < 1.29 is 15.0 Å². The molecule has 0 heterocycles. The fourth-order valence-electron chi connectivity index (χ4n) is 0.849. The van der Waals surface area contributed by atoms with Gasteiger partial charge in [-0.05, 0) is 12.8 Å². The monoisotopic (exact) mass is 204 g/mol. The summed E-state index contributed by atoms with van der Waals surface area (Å²) in [6.07, 6.45) is 1.01. The molecule has 1 atom stereocenters. The number of unbranched alkanes of at least 4 members (excludes halogenated alkanes) is 1. The highest BCUT2D eigenvalue weighted by molar-refractivity contribution is 5.76. The van der Waals surface area contributed by atoms with Crippen LogP contribution in [0.3, 0.4) is 0 Å². The SMILES string of the molecule is N=C(N)NCCCC[C@@](N)(O)C(=O)O. The van der Waals surface area contributed by atoms with Gasteiger partial charge in [0.15, 0.2) is 5.96 Å². The number of rotatable bonds is 6. The number of nitrogens with two attached hydrogens (primary N) is 2. The lowest BCUT2D eigenvalue weighted by Crippen LogP contribution is -2.47. The minimum absolute atomic E-state index is 0.0259. The van der Waals surface area contributed by atoms with Crippen molar-refractivity contribution in [3.05, 3.63) is 0 Å². The van der Waals surface area contributed by atoms with E-state index in [1.165, 1.54) is 0 Å². The predicted molar refractivity (Wildman–Crippen MR) is 50.5 cm³/mol. The first-order valence-electron chi connectivity index (χ1n) is 4.19. The van der Waals surface area contributed by atoms with Crippen molar-refractivity contribution in [3.63, 3.8) is 0 Å². The van der Waals surface area contributed by atoms with Gasteiger partial charge in [-0.3, -0.25) is 11.1 Å². The van der Waals surface area contributed by atoms with Crippen LogP contribution in [0.5, 0.6) is 0 Å². The van der Waals surface area contributed by atoms with E-state index in [-0.39, 0.29) is 12.4 Å². The van der Waals surface area contributed by atoms with Crippen LogP contribution >= 0.6 is 0 Å². The van der Waals surface area contributed by atoms with Crippen molar-refractivity contribution in [3.8, 4) is 0 Å². The second-order valence-corrected chi connectivity index (χ2v) is 3.03. The molecule has 0 saturated heterocycles. The van der Waals surface area contributed by atoms with Crippen molar-refractivity contribution in [2.45, 2.75) is 25.0 Å². The number of aliphatic hydroxyl groups is 1. The standard InChI is InChI=1S/C7H16N4O3/c8-6(9)11-4-2-1-3-7(10,14)5(12)13/h14H,1-4,10H2,(H,12,13)(H4,8,9,11)/t7-/m1/s1. The summed E-state index contributed by atoms with van der Waals surface area (Å²) >= 11 is 0. The summed E-state index contributed by atoms with van der Waals surface area (Å²) in [6, 6.07) is 0. The normalized spacial score (nSPS) is 14.4. The molecule has 0 aromatic carbocycles. The maximum Gasteiger partial charge on any atom is 0.350 e. The van der Waals surface area contributed by atoms with Gasteiger partial charge >= 0.3 is 5.97 Å². The number of aliphatic carboxylic acids is 1. The number of carboxylic acid groups (broad SMARTS) is 1. The third kappa shape index (κ3) is 5.33. The minimum Gasteiger partial charge on any atom is -0.478 e. The van der Waals surface area contributed by atoms with Crippen molar-refractivity contribution in [1.29, 1.82) is 5.41 Å². The van der Waals surface area contributed by atoms with Gasteiger partial charge in [-0.2, -0.15) is 0 Å². The molecule has 0 aromatic heterocycles. The average Bonchev–Trinajstić information content (AvgIpc) is 2.02. The summed E-state index contributed by atoms with van der Waals surface area (Å²) < 4.78 is 0. The molecule has 0 radical (unpaired) electrons. The maximum atomic E-state index is 10.3. The largest absolute Gasteiger partial charge is 0.478 e. The zero-order chi connectivity index (χ0) is 11.2. The Bertz CT molecular complexity index is 217. The van der Waals surface area contributed by atoms with Crippen molar-refractivity contribution in [1.82, 2.24) is 5.32 Å². The molecule has 0 saturated carbocycles. The van der Waals surface area contributed by atoms with E-state index in [4.69, 9.17) is 27.1 Å². The number of carbonyl (C=O) groups is 1. The van der Waals surface area contributed by atoms with E-state index in [0.29, 0.717) is 19.4 Å². The number of nitrogens with one attached hydrogen (secondary N) is 2. The Hall–Kier alpha value is -1.34. The van der Waals surface area contributed by atoms with Crippen LogP contribution in [0, 0.1) is 5.41 Å². The van der Waals surface area contributed by atoms with Crippen LogP contribution in [0.15, 0.2) is 0 Å². The molecule has 0 unspecified atom stereocenters. The molecule has 0 rings (SSSR count). The Morgan fingerprint density at radius 2 is 2.07 bits per heavy atom. The fraction of sp³-hybridized carbons (Fsp3) is 0.714. The molecule has 7 heteroatoms. The molecule has 0 aliphatic rings. The van der Waals surface area contributed by atoms with E-state index < -0.39 is 11.7 Å². The van der Waals surface area contributed by atoms with E-state index in [2.05, 4.69) is 5.32 Å². The lowest BCUT2D eigenvalue weighted by molar-refractivity contribution is -0.158. The number of hydrogen-bond donors (Lipinski definition) is 6. The van der Waals surface area contributed by atoms with E-state index >= 15 is 0 Å². The second-order valence-electron chi connectivity index (χ2n) is 3.03. The van der Waals surface area contributed by atoms with Gasteiger partial charge in [0.05, 0.1) is 0 Å². The highest BCUT2D eigenvalue weighted by Gasteiger charge is 2.29. The first kappa shape index (κ1) is 12.7. The van der Waals surface area contributed by atoms with E-state index in [9.17, 15) is 4.79 Å². The molecule has 0 aliphatic carbocycles. The summed E-state index contributed by atoms with van der Waals surface area (Å²) in [5, 5.41) is 26.9. The summed E-state index contributed by atoms with van der Waals surface area (Å²) in [7, 11) is 0. The lowest BCUT2D eigenvalue weighted by atomic mass is 10.1. The number of carboxylic acids is 1. The van der Waals surface area contributed by atoms with Crippen LogP contribution in [0.4, 0.5) is 0 Å². The molecule has 0 amide bonds. The van der Waals surface area contributed by atoms with Crippen molar-refractivity contribution in [2.24, 2.45) is 11.5 Å². The zero-order valence-electron chi connectivity index (χ0n) is 7.79. The van der Waals surface area contributed by atoms with Gasteiger partial charge in [-0.25, -0.2) is 4.79 Å². The topological polar surface area (TPSA) is 145 Å². The van der Waals surface area contributed by atoms with Gasteiger partial charge in [0, 0.05) is 13.0 Å². The Morgan fingerprint density at radius 3 is 2.50 bits per heavy atom. The van der Waals surface area contributed by atoms with Crippen molar-refractivity contribution >= 4 is 11.9 Å². The predicted octanol–water partition coefficient (Wildman–Crippen LogP) is -1.63. The molecule has 82 valence electrons. The number of guanidine groups is 1. The molecule has 0 fully saturated rings. The quantitative estimate of drug-likeness (QED) is 0.132. The molecule has 0 bridgehead atoms. The molecule has 0 aromatic rings. The van der Waals surface area contributed by atoms with Crippen LogP contribution in [0.1, 0.15) is 19.3 Å². The fourth-order valence-corrected chi connectivity index (χ4v) is 0.849. The first-order valence-corrected chi connectivity index (χ1v) is 4.19. The van der Waals surface area contributed by atoms with Crippen molar-refractivity contribution in [2.75, 3.05) is 6.54 Å². The summed E-state index contributed by atoms with van der Waals surface area (Å²) in [4.78, 5) is 10.3. The third-order valence-electron chi connectivity index (χ3n) is 1.67. The number of hydrogen-bond acceptors (Lipinski definition) is 4. The molecule has 7 nitrogen and oxygen atoms in total. The van der Waals surface area contributed by atoms with Gasteiger partial charge in [0.2, 0.25) is 5.72 Å². The van der Waals surface area contributed by atoms with Crippen LogP contribution in [-0.4, -0.2) is 34.4 Å². The van der Waals surface area contributed by atoms with Gasteiger partial charge in [0.1, 0.15) is 0 Å². The molecule has 14 heavy (non-hydrogen) atoms. The van der Waals surface area contributed by atoms with Gasteiger partial charge in [0.25, 0.3) is 0 Å². The van der Waals surface area contributed by atoms with E-state index in [0.717, 1.165) is 0 Å². The Balaban J connectivity index is 3.54. The maximum absolute atomic E-state index is 10.3. The van der Waals surface area contributed by atoms with E-state index in [1.54, 1.807) is 0 Å². The smallest absolute Gasteiger partial charge is 0.350 e. The second kappa shape index (κ2) is 5.40. The van der Waals surface area contributed by atoms with Gasteiger partial charge in [-0.15, -0.1) is 0 Å². The molecule has 0 spiro atoms. The van der Waals surface area contributed by atoms with Gasteiger partial charge in [-0.1, -0.05) is 0 Å². The Morgan fingerprint density at radius 1 is 1.50 bits per heavy atom. The Labute approximate surface area is 81.6 Å². The summed E-state index contributed by atoms with van der Waals surface area (Å²) in [5.41, 5.74) is 7.93. The highest BCUT2D eigenvalue weighted by Crippen LogP contribution is 2.07. The molecule has 0 aliphatic heterocycles. The Kier molecular flexibility index (Phi) is 4.89. The summed E-state index contributed by atoms with van der Waals surface area (Å²) in [5.74, 6) is -1.57. The van der Waals surface area contributed by atoms with Gasteiger partial charge < -0.3 is 21.3 Å². The van der Waals surface area contributed by atoms with Crippen LogP contribution in [-0.2, 0) is 4.79 Å². The van der Waals surface area contributed by atoms with Crippen LogP contribution in [0.25, 0.3) is 0 Å². The average molecular weight is 204 g/mol. The molecular formula is C7H16N4O3.